The average Bonchev–Trinajstić information content (AvgIpc) is 2.14. The van der Waals surface area contributed by atoms with E-state index >= 15 is 0 Å². The molecule has 0 fully saturated rings. The lowest BCUT2D eigenvalue weighted by molar-refractivity contribution is 0.476. The molecule has 0 bridgehead atoms. The van der Waals surface area contributed by atoms with Crippen LogP contribution in [0.5, 0.6) is 5.75 Å². The normalized spacial score (nSPS) is 12.0. The highest BCUT2D eigenvalue weighted by molar-refractivity contribution is 9.10. The Morgan fingerprint density at radius 3 is 2.50 bits per heavy atom. The molecule has 2 rings (SSSR count). The molecule has 0 unspecified atom stereocenters. The third-order valence-electron chi connectivity index (χ3n) is 2.36. The van der Waals surface area contributed by atoms with Gasteiger partial charge < -0.3 is 5.11 Å². The Balaban J connectivity index is 2.83. The summed E-state index contributed by atoms with van der Waals surface area (Å²) in [5, 5.41) is 10.4. The van der Waals surface area contributed by atoms with E-state index in [0.717, 1.165) is 16.6 Å². The number of phenolic OH excluding ortho intramolecular Hbond substituents is 1. The number of benzene rings is 1. The number of aromatic nitrogens is 2. The molecule has 1 N–H and O–H groups in total. The second-order valence-electron chi connectivity index (χ2n) is 4.79. The van der Waals surface area contributed by atoms with Crippen LogP contribution >= 0.6 is 15.9 Å². The minimum absolute atomic E-state index is 0.0549. The summed E-state index contributed by atoms with van der Waals surface area (Å²) in [7, 11) is 0. The lowest BCUT2D eigenvalue weighted by Gasteiger charge is -2.19. The first kappa shape index (κ1) is 11.3. The number of nitrogens with zero attached hydrogens (tertiary/aromatic N) is 2. The predicted octanol–water partition coefficient (Wildman–Crippen LogP) is 3.40. The van der Waals surface area contributed by atoms with E-state index < -0.39 is 0 Å². The van der Waals surface area contributed by atoms with Crippen molar-refractivity contribution in [2.24, 2.45) is 0 Å². The van der Waals surface area contributed by atoms with Gasteiger partial charge in [0.05, 0.1) is 11.2 Å². The van der Waals surface area contributed by atoms with Crippen LogP contribution < -0.4 is 0 Å². The first-order valence-corrected chi connectivity index (χ1v) is 5.84. The van der Waals surface area contributed by atoms with E-state index in [9.17, 15) is 5.11 Å². The predicted molar refractivity (Wildman–Crippen MR) is 67.6 cm³/mol. The van der Waals surface area contributed by atoms with Crippen LogP contribution in [0.25, 0.3) is 10.9 Å². The van der Waals surface area contributed by atoms with Gasteiger partial charge in [-0.05, 0) is 28.1 Å². The molecule has 4 heteroatoms. The van der Waals surface area contributed by atoms with E-state index in [1.807, 2.05) is 6.07 Å². The lowest BCUT2D eigenvalue weighted by Crippen LogP contribution is -2.15. The molecule has 0 aliphatic rings. The molecule has 2 aromatic rings. The zero-order valence-corrected chi connectivity index (χ0v) is 11.0. The second-order valence-corrected chi connectivity index (χ2v) is 5.50. The van der Waals surface area contributed by atoms with Crippen molar-refractivity contribution in [2.45, 2.75) is 26.2 Å². The van der Waals surface area contributed by atoms with Crippen molar-refractivity contribution in [1.82, 2.24) is 9.97 Å². The van der Waals surface area contributed by atoms with Gasteiger partial charge in [0, 0.05) is 16.9 Å². The average molecular weight is 281 g/mol. The van der Waals surface area contributed by atoms with E-state index in [1.54, 1.807) is 12.1 Å². The molecule has 0 saturated heterocycles. The molecule has 0 spiro atoms. The third kappa shape index (κ3) is 2.02. The maximum Gasteiger partial charge on any atom is 0.197 e. The summed E-state index contributed by atoms with van der Waals surface area (Å²) in [4.78, 5) is 8.68. The lowest BCUT2D eigenvalue weighted by atomic mass is 9.89. The summed E-state index contributed by atoms with van der Waals surface area (Å²) in [6.07, 6.45) is 0. The summed E-state index contributed by atoms with van der Waals surface area (Å²) in [6.45, 7) is 6.32. The highest BCUT2D eigenvalue weighted by Gasteiger charge is 2.20. The molecule has 1 heterocycles. The topological polar surface area (TPSA) is 46.0 Å². The third-order valence-corrected chi connectivity index (χ3v) is 2.72. The molecule has 1 aromatic heterocycles. The van der Waals surface area contributed by atoms with Crippen LogP contribution in [0.15, 0.2) is 22.9 Å². The second kappa shape index (κ2) is 3.70. The van der Waals surface area contributed by atoms with E-state index in [4.69, 9.17) is 0 Å². The largest absolute Gasteiger partial charge is 0.508 e. The Morgan fingerprint density at radius 2 is 1.88 bits per heavy atom. The van der Waals surface area contributed by atoms with Gasteiger partial charge >= 0.3 is 0 Å². The van der Waals surface area contributed by atoms with Gasteiger partial charge in [0.25, 0.3) is 0 Å². The molecule has 16 heavy (non-hydrogen) atoms. The fraction of sp³-hybridized carbons (Fsp3) is 0.333. The number of fused-ring (bicyclic) bond motifs is 1. The van der Waals surface area contributed by atoms with Crippen molar-refractivity contribution in [3.05, 3.63) is 28.6 Å². The molecule has 0 atom stereocenters. The number of hydrogen-bond donors (Lipinski definition) is 1. The first-order valence-electron chi connectivity index (χ1n) is 5.05. The van der Waals surface area contributed by atoms with Gasteiger partial charge in [0.15, 0.2) is 4.73 Å². The molecule has 0 saturated carbocycles. The summed E-state index contributed by atoms with van der Waals surface area (Å²) in [5.74, 6) is 0.220. The fourth-order valence-electron chi connectivity index (χ4n) is 1.66. The van der Waals surface area contributed by atoms with Crippen molar-refractivity contribution in [3.8, 4) is 5.75 Å². The number of halogens is 1. The molecule has 1 aromatic carbocycles. The first-order chi connectivity index (χ1) is 7.38. The Morgan fingerprint density at radius 1 is 1.19 bits per heavy atom. The van der Waals surface area contributed by atoms with Gasteiger partial charge in [-0.25, -0.2) is 9.97 Å². The van der Waals surface area contributed by atoms with E-state index in [1.165, 1.54) is 0 Å². The number of phenols is 1. The highest BCUT2D eigenvalue weighted by atomic mass is 79.9. The molecule has 3 nitrogen and oxygen atoms in total. The van der Waals surface area contributed by atoms with Crippen molar-refractivity contribution < 1.29 is 5.11 Å². The molecule has 84 valence electrons. The molecular weight excluding hydrogens is 268 g/mol. The summed E-state index contributed by atoms with van der Waals surface area (Å²) < 4.78 is 0.551. The maximum absolute atomic E-state index is 9.44. The zero-order valence-electron chi connectivity index (χ0n) is 9.45. The van der Waals surface area contributed by atoms with Gasteiger partial charge in [-0.1, -0.05) is 20.8 Å². The number of aromatic hydroxyl groups is 1. The van der Waals surface area contributed by atoms with E-state index in [0.29, 0.717) is 4.73 Å². The monoisotopic (exact) mass is 280 g/mol. The van der Waals surface area contributed by atoms with Crippen LogP contribution in [0.2, 0.25) is 0 Å². The molecule has 0 aliphatic heterocycles. The van der Waals surface area contributed by atoms with Gasteiger partial charge in [-0.2, -0.15) is 0 Å². The minimum atomic E-state index is -0.0549. The number of rotatable bonds is 0. The van der Waals surface area contributed by atoms with Gasteiger partial charge in [0.2, 0.25) is 0 Å². The Kier molecular flexibility index (Phi) is 2.62. The van der Waals surface area contributed by atoms with Crippen molar-refractivity contribution in [1.29, 1.82) is 0 Å². The van der Waals surface area contributed by atoms with Crippen molar-refractivity contribution in [2.75, 3.05) is 0 Å². The van der Waals surface area contributed by atoms with Gasteiger partial charge in [-0.3, -0.25) is 0 Å². The Hall–Kier alpha value is -1.16. The van der Waals surface area contributed by atoms with Crippen molar-refractivity contribution in [3.63, 3.8) is 0 Å². The van der Waals surface area contributed by atoms with E-state index in [-0.39, 0.29) is 11.2 Å². The SMILES string of the molecule is CC(C)(C)c1nc(Br)nc2cc(O)ccc12. The van der Waals surface area contributed by atoms with Crippen molar-refractivity contribution >= 4 is 26.8 Å². The molecular formula is C12H13BrN2O. The Bertz CT molecular complexity index is 541. The standard InChI is InChI=1S/C12H13BrN2O/c1-12(2,3)10-8-5-4-7(16)6-9(8)14-11(13)15-10/h4-6,16H,1-3H3. The van der Waals surface area contributed by atoms with Crippen LogP contribution in [-0.4, -0.2) is 15.1 Å². The van der Waals surface area contributed by atoms with Crippen LogP contribution in [0.3, 0.4) is 0 Å². The molecule has 0 radical (unpaired) electrons. The quantitative estimate of drug-likeness (QED) is 0.753. The van der Waals surface area contributed by atoms with Crippen LogP contribution in [0.4, 0.5) is 0 Å². The van der Waals surface area contributed by atoms with Crippen LogP contribution in [0.1, 0.15) is 26.5 Å². The number of hydrogen-bond acceptors (Lipinski definition) is 3. The zero-order chi connectivity index (χ0) is 11.9. The van der Waals surface area contributed by atoms with Gasteiger partial charge in [-0.15, -0.1) is 0 Å². The highest BCUT2D eigenvalue weighted by Crippen LogP contribution is 2.30. The smallest absolute Gasteiger partial charge is 0.197 e. The summed E-state index contributed by atoms with van der Waals surface area (Å²) in [6, 6.07) is 5.17. The van der Waals surface area contributed by atoms with Gasteiger partial charge in [0.1, 0.15) is 5.75 Å². The van der Waals surface area contributed by atoms with Crippen LogP contribution in [0, 0.1) is 0 Å². The maximum atomic E-state index is 9.44. The Labute approximate surface area is 103 Å². The van der Waals surface area contributed by atoms with Crippen LogP contribution in [-0.2, 0) is 5.41 Å². The summed E-state index contributed by atoms with van der Waals surface area (Å²) >= 11 is 3.30. The minimum Gasteiger partial charge on any atom is -0.508 e. The molecule has 0 aliphatic carbocycles. The summed E-state index contributed by atoms with van der Waals surface area (Å²) in [5.41, 5.74) is 1.68. The fourth-order valence-corrected chi connectivity index (χ4v) is 2.03. The molecule has 0 amide bonds. The van der Waals surface area contributed by atoms with E-state index in [2.05, 4.69) is 46.7 Å².